The van der Waals surface area contributed by atoms with Crippen molar-refractivity contribution in [3.05, 3.63) is 222 Å². The highest BCUT2D eigenvalue weighted by molar-refractivity contribution is 6.27. The van der Waals surface area contributed by atoms with Crippen LogP contribution < -0.4 is 9.80 Å². The van der Waals surface area contributed by atoms with Gasteiger partial charge in [0.05, 0.1) is 16.6 Å². The first kappa shape index (κ1) is 40.6. The molecule has 0 amide bonds. The quantitative estimate of drug-likeness (QED) is 0.158. The Labute approximate surface area is 393 Å². The molecular weight excluding hydrogens is 811 g/mol. The van der Waals surface area contributed by atoms with E-state index in [4.69, 9.17) is 0 Å². The van der Waals surface area contributed by atoms with Gasteiger partial charge in [0.15, 0.2) is 0 Å². The van der Waals surface area contributed by atoms with E-state index in [-0.39, 0.29) is 5.41 Å². The summed E-state index contributed by atoms with van der Waals surface area (Å²) in [4.78, 5) is 4.78. The van der Waals surface area contributed by atoms with Crippen molar-refractivity contribution >= 4 is 93.8 Å². The maximum atomic E-state index is 2.55. The number of aryl methyl sites for hydroxylation is 4. The lowest BCUT2D eigenvalue weighted by Crippen LogP contribution is -2.10. The molecular formula is C64H53N3. The lowest BCUT2D eigenvalue weighted by Gasteiger charge is -2.26. The molecule has 0 atom stereocenters. The summed E-state index contributed by atoms with van der Waals surface area (Å²) >= 11 is 0. The highest BCUT2D eigenvalue weighted by Gasteiger charge is 2.23. The monoisotopic (exact) mass is 863 g/mol. The van der Waals surface area contributed by atoms with Gasteiger partial charge in [-0.25, -0.2) is 0 Å². The van der Waals surface area contributed by atoms with E-state index in [1.54, 1.807) is 0 Å². The van der Waals surface area contributed by atoms with Crippen LogP contribution in [0.5, 0.6) is 0 Å². The van der Waals surface area contributed by atoms with E-state index in [1.807, 2.05) is 0 Å². The molecule has 2 heterocycles. The van der Waals surface area contributed by atoms with Crippen LogP contribution in [-0.4, -0.2) is 4.40 Å². The first-order chi connectivity index (χ1) is 32.4. The SMILES string of the molecule is Cc1cc(C)cc(N(c2ccccc2)c2ccc3cc4c5cc(-c6ccc(C(C)(C)C)cc6)cc6c7cc8ccc(N(c9ccccc9)c9cc(C)cc(C)c9)cc8cc7n(c4cc3c2)c56)c1. The van der Waals surface area contributed by atoms with E-state index in [0.717, 1.165) is 34.1 Å². The first-order valence-corrected chi connectivity index (χ1v) is 23.6. The van der Waals surface area contributed by atoms with Gasteiger partial charge in [-0.05, 0) is 203 Å². The molecule has 0 fully saturated rings. The van der Waals surface area contributed by atoms with Gasteiger partial charge in [0.1, 0.15) is 0 Å². The molecule has 0 aliphatic rings. The van der Waals surface area contributed by atoms with Crippen LogP contribution in [0.15, 0.2) is 194 Å². The topological polar surface area (TPSA) is 10.9 Å². The van der Waals surface area contributed by atoms with Crippen LogP contribution in [0, 0.1) is 27.7 Å². The molecule has 0 spiro atoms. The van der Waals surface area contributed by atoms with E-state index in [0.29, 0.717) is 0 Å². The average molecular weight is 864 g/mol. The maximum absolute atomic E-state index is 2.55. The summed E-state index contributed by atoms with van der Waals surface area (Å²) in [6.07, 6.45) is 0. The van der Waals surface area contributed by atoms with Crippen molar-refractivity contribution in [3.63, 3.8) is 0 Å². The maximum Gasteiger partial charge on any atom is 0.0620 e. The van der Waals surface area contributed by atoms with Gasteiger partial charge in [-0.15, -0.1) is 0 Å². The Morgan fingerprint density at radius 3 is 1.18 bits per heavy atom. The Morgan fingerprint density at radius 1 is 0.328 bits per heavy atom. The van der Waals surface area contributed by atoms with Gasteiger partial charge in [0.2, 0.25) is 0 Å². The molecule has 324 valence electrons. The molecule has 67 heavy (non-hydrogen) atoms. The van der Waals surface area contributed by atoms with E-state index < -0.39 is 0 Å². The van der Waals surface area contributed by atoms with Gasteiger partial charge in [0.25, 0.3) is 0 Å². The Bertz CT molecular complexity index is 3610. The van der Waals surface area contributed by atoms with Crippen molar-refractivity contribution in [2.75, 3.05) is 9.80 Å². The molecule has 3 heteroatoms. The molecule has 0 bridgehead atoms. The normalized spacial score (nSPS) is 12.1. The number of hydrogen-bond acceptors (Lipinski definition) is 2. The van der Waals surface area contributed by atoms with E-state index in [1.165, 1.54) is 98.6 Å². The van der Waals surface area contributed by atoms with Gasteiger partial charge in [-0.1, -0.05) is 106 Å². The van der Waals surface area contributed by atoms with Gasteiger partial charge >= 0.3 is 0 Å². The molecule has 0 N–H and O–H groups in total. The highest BCUT2D eigenvalue weighted by atomic mass is 15.1. The standard InChI is InChI=1S/C64H53N3/c1-40-26-41(2)29-55(28-40)65(51-14-10-8-11-15-51)53-24-20-45-34-57-59-36-49(44-18-22-50(23-19-44)64(5,6)7)37-60-58-35-46-21-25-54(33-48(46)39-62(58)67(63(59)60)61(57)38-47(45)32-53)66(52-16-12-9-13-17-52)56-30-42(3)27-43(4)31-56/h8-39H,1-7H3. The van der Waals surface area contributed by atoms with Crippen LogP contribution >= 0.6 is 0 Å². The van der Waals surface area contributed by atoms with Crippen LogP contribution in [0.1, 0.15) is 48.6 Å². The minimum absolute atomic E-state index is 0.0823. The molecule has 2 aromatic heterocycles. The summed E-state index contributed by atoms with van der Waals surface area (Å²) in [6, 6.07) is 72.9. The minimum atomic E-state index is 0.0823. The second-order valence-corrected chi connectivity index (χ2v) is 19.9. The number of hydrogen-bond donors (Lipinski definition) is 0. The number of fused-ring (bicyclic) bond motifs is 8. The van der Waals surface area contributed by atoms with E-state index in [9.17, 15) is 0 Å². The molecule has 0 aliphatic carbocycles. The van der Waals surface area contributed by atoms with Crippen LogP contribution in [0.2, 0.25) is 0 Å². The van der Waals surface area contributed by atoms with Gasteiger partial charge < -0.3 is 14.2 Å². The van der Waals surface area contributed by atoms with Crippen molar-refractivity contribution in [2.24, 2.45) is 0 Å². The smallest absolute Gasteiger partial charge is 0.0620 e. The lowest BCUT2D eigenvalue weighted by molar-refractivity contribution is 0.590. The number of anilines is 6. The van der Waals surface area contributed by atoms with E-state index >= 15 is 0 Å². The second kappa shape index (κ2) is 15.4. The highest BCUT2D eigenvalue weighted by Crippen LogP contribution is 2.46. The third kappa shape index (κ3) is 6.96. The Kier molecular flexibility index (Phi) is 9.31. The summed E-state index contributed by atoms with van der Waals surface area (Å²) < 4.78 is 2.55. The number of aromatic nitrogens is 1. The molecule has 3 nitrogen and oxygen atoms in total. The number of rotatable bonds is 7. The fourth-order valence-electron chi connectivity index (χ4n) is 10.8. The van der Waals surface area contributed by atoms with Crippen LogP contribution in [-0.2, 0) is 5.41 Å². The van der Waals surface area contributed by atoms with Gasteiger partial charge in [-0.3, -0.25) is 0 Å². The Balaban J connectivity index is 1.11. The Morgan fingerprint density at radius 2 is 0.761 bits per heavy atom. The molecule has 12 aromatic rings. The minimum Gasteiger partial charge on any atom is -0.310 e. The van der Waals surface area contributed by atoms with Crippen molar-refractivity contribution < 1.29 is 0 Å². The van der Waals surface area contributed by atoms with Crippen molar-refractivity contribution in [1.29, 1.82) is 0 Å². The zero-order chi connectivity index (χ0) is 45.7. The zero-order valence-electron chi connectivity index (χ0n) is 39.3. The summed E-state index contributed by atoms with van der Waals surface area (Å²) in [5.41, 5.74) is 19.4. The summed E-state index contributed by atoms with van der Waals surface area (Å²) in [5, 5.41) is 9.95. The molecule has 0 saturated carbocycles. The summed E-state index contributed by atoms with van der Waals surface area (Å²) in [5.74, 6) is 0. The molecule has 0 radical (unpaired) electrons. The van der Waals surface area contributed by atoms with Crippen molar-refractivity contribution in [3.8, 4) is 11.1 Å². The largest absolute Gasteiger partial charge is 0.310 e. The third-order valence-electron chi connectivity index (χ3n) is 13.8. The Hall–Kier alpha value is -7.88. The van der Waals surface area contributed by atoms with Crippen LogP contribution in [0.4, 0.5) is 34.1 Å². The molecule has 0 saturated heterocycles. The number of nitrogens with zero attached hydrogens (tertiary/aromatic N) is 3. The molecule has 10 aromatic carbocycles. The predicted octanol–water partition coefficient (Wildman–Crippen LogP) is 18.3. The fraction of sp³-hybridized carbons (Fsp3) is 0.125. The van der Waals surface area contributed by atoms with Crippen LogP contribution in [0.3, 0.4) is 0 Å². The lowest BCUT2D eigenvalue weighted by atomic mass is 9.86. The molecule has 0 aliphatic heterocycles. The third-order valence-corrected chi connectivity index (χ3v) is 13.8. The molecule has 0 unspecified atom stereocenters. The van der Waals surface area contributed by atoms with Crippen LogP contribution in [0.25, 0.3) is 70.8 Å². The van der Waals surface area contributed by atoms with Gasteiger partial charge in [-0.2, -0.15) is 0 Å². The predicted molar refractivity (Wildman–Crippen MR) is 289 cm³/mol. The second-order valence-electron chi connectivity index (χ2n) is 19.9. The zero-order valence-corrected chi connectivity index (χ0v) is 39.3. The van der Waals surface area contributed by atoms with Crippen molar-refractivity contribution in [1.82, 2.24) is 4.40 Å². The van der Waals surface area contributed by atoms with E-state index in [2.05, 4.69) is 257 Å². The average Bonchev–Trinajstić information content (AvgIpc) is 3.80. The molecule has 12 rings (SSSR count). The van der Waals surface area contributed by atoms with Crippen molar-refractivity contribution in [2.45, 2.75) is 53.9 Å². The summed E-state index contributed by atoms with van der Waals surface area (Å²) in [6.45, 7) is 15.6. The number of benzene rings is 10. The summed E-state index contributed by atoms with van der Waals surface area (Å²) in [7, 11) is 0. The first-order valence-electron chi connectivity index (χ1n) is 23.6. The number of para-hydroxylation sites is 2. The van der Waals surface area contributed by atoms with Gasteiger partial charge in [0, 0.05) is 55.7 Å². The fourth-order valence-corrected chi connectivity index (χ4v) is 10.8.